The fraction of sp³-hybridized carbons (Fsp3) is 0.231. The van der Waals surface area contributed by atoms with Gasteiger partial charge in [-0.05, 0) is 73.5 Å². The van der Waals surface area contributed by atoms with E-state index in [0.29, 0.717) is 48.0 Å². The summed E-state index contributed by atoms with van der Waals surface area (Å²) in [6.07, 6.45) is 1.44. The number of halogens is 1. The van der Waals surface area contributed by atoms with Crippen molar-refractivity contribution in [3.05, 3.63) is 84.2 Å². The summed E-state index contributed by atoms with van der Waals surface area (Å²) in [6, 6.07) is 19.9. The third kappa shape index (κ3) is 5.49. The molecular formula is C26H25FN2O4. The number of carbonyl (C=O) groups excluding carboxylic acids is 2. The van der Waals surface area contributed by atoms with Gasteiger partial charge in [-0.15, -0.1) is 0 Å². The molecule has 4 rings (SSSR count). The van der Waals surface area contributed by atoms with Crippen molar-refractivity contribution in [2.45, 2.75) is 12.8 Å². The molecule has 0 spiro atoms. The zero-order chi connectivity index (χ0) is 23.2. The number of carbonyl (C=O) groups is 2. The zero-order valence-corrected chi connectivity index (χ0v) is 18.3. The van der Waals surface area contributed by atoms with Crippen molar-refractivity contribution >= 4 is 17.5 Å². The summed E-state index contributed by atoms with van der Waals surface area (Å²) >= 11 is 0. The smallest absolute Gasteiger partial charge is 0.253 e. The monoisotopic (exact) mass is 448 g/mol. The summed E-state index contributed by atoms with van der Waals surface area (Å²) < 4.78 is 24.3. The van der Waals surface area contributed by atoms with Crippen LogP contribution >= 0.6 is 0 Å². The first-order chi connectivity index (χ1) is 16.0. The number of anilines is 1. The van der Waals surface area contributed by atoms with E-state index in [1.54, 1.807) is 36.3 Å². The summed E-state index contributed by atoms with van der Waals surface area (Å²) in [4.78, 5) is 27.2. The highest BCUT2D eigenvalue weighted by atomic mass is 19.1. The maximum atomic E-state index is 13.1. The molecule has 1 N–H and O–H groups in total. The molecule has 1 heterocycles. The van der Waals surface area contributed by atoms with Gasteiger partial charge in [-0.3, -0.25) is 9.59 Å². The van der Waals surface area contributed by atoms with Crippen molar-refractivity contribution in [3.8, 4) is 17.2 Å². The van der Waals surface area contributed by atoms with Crippen molar-refractivity contribution in [1.29, 1.82) is 0 Å². The molecule has 1 aliphatic rings. The Bertz CT molecular complexity index is 1120. The second-order valence-corrected chi connectivity index (χ2v) is 7.86. The minimum absolute atomic E-state index is 0.134. The van der Waals surface area contributed by atoms with Crippen LogP contribution in [0.4, 0.5) is 10.1 Å². The van der Waals surface area contributed by atoms with E-state index >= 15 is 0 Å². The molecule has 0 aliphatic carbocycles. The Morgan fingerprint density at radius 1 is 0.970 bits per heavy atom. The fourth-order valence-electron chi connectivity index (χ4n) is 3.83. The minimum atomic E-state index is -0.387. The second kappa shape index (κ2) is 10.2. The number of nitrogens with zero attached hydrogens (tertiary/aromatic N) is 1. The van der Waals surface area contributed by atoms with Crippen LogP contribution in [0.3, 0.4) is 0 Å². The number of hydrogen-bond donors (Lipinski definition) is 1. The lowest BCUT2D eigenvalue weighted by Crippen LogP contribution is -2.43. The highest BCUT2D eigenvalue weighted by Gasteiger charge is 2.29. The molecule has 1 atom stereocenters. The normalized spacial score (nSPS) is 15.6. The van der Waals surface area contributed by atoms with Gasteiger partial charge < -0.3 is 19.7 Å². The molecular weight excluding hydrogens is 423 g/mol. The van der Waals surface area contributed by atoms with Crippen molar-refractivity contribution in [2.75, 3.05) is 25.5 Å². The maximum absolute atomic E-state index is 13.1. The third-order valence-corrected chi connectivity index (χ3v) is 5.59. The van der Waals surface area contributed by atoms with Gasteiger partial charge in [-0.2, -0.15) is 0 Å². The highest BCUT2D eigenvalue weighted by Crippen LogP contribution is 2.31. The number of hydrogen-bond acceptors (Lipinski definition) is 4. The molecule has 3 aromatic carbocycles. The number of rotatable bonds is 6. The Morgan fingerprint density at radius 2 is 1.67 bits per heavy atom. The number of ether oxygens (including phenoxy) is 2. The van der Waals surface area contributed by atoms with E-state index in [-0.39, 0.29) is 23.5 Å². The molecule has 0 bridgehead atoms. The van der Waals surface area contributed by atoms with Gasteiger partial charge in [-0.25, -0.2) is 4.39 Å². The van der Waals surface area contributed by atoms with E-state index in [1.165, 1.54) is 24.3 Å². The predicted octanol–water partition coefficient (Wildman–Crippen LogP) is 5.12. The standard InChI is InChI=1S/C26H25FN2O4/c1-32-23-6-2-3-7-24(23)33-22-14-12-21(13-15-22)28-25(30)19-5-4-16-29(17-19)26(31)18-8-10-20(27)11-9-18/h2-3,6-15,19H,4-5,16-17H2,1H3,(H,28,30). The lowest BCUT2D eigenvalue weighted by Gasteiger charge is -2.32. The van der Waals surface area contributed by atoms with E-state index in [0.717, 1.165) is 6.42 Å². The van der Waals surface area contributed by atoms with Crippen molar-refractivity contribution < 1.29 is 23.5 Å². The third-order valence-electron chi connectivity index (χ3n) is 5.59. The van der Waals surface area contributed by atoms with Gasteiger partial charge in [0.25, 0.3) is 5.91 Å². The van der Waals surface area contributed by atoms with Crippen LogP contribution in [-0.4, -0.2) is 36.9 Å². The summed E-state index contributed by atoms with van der Waals surface area (Å²) in [5.74, 6) is 0.827. The number of nitrogens with one attached hydrogen (secondary N) is 1. The minimum Gasteiger partial charge on any atom is -0.493 e. The first-order valence-electron chi connectivity index (χ1n) is 10.8. The summed E-state index contributed by atoms with van der Waals surface area (Å²) in [5.41, 5.74) is 1.07. The van der Waals surface area contributed by atoms with Crippen LogP contribution in [0.1, 0.15) is 23.2 Å². The van der Waals surface area contributed by atoms with Crippen molar-refractivity contribution in [1.82, 2.24) is 4.90 Å². The van der Waals surface area contributed by atoms with Crippen LogP contribution in [0.2, 0.25) is 0 Å². The molecule has 6 nitrogen and oxygen atoms in total. The number of benzene rings is 3. The molecule has 0 aromatic heterocycles. The molecule has 1 saturated heterocycles. The molecule has 2 amide bonds. The average Bonchev–Trinajstić information content (AvgIpc) is 2.85. The van der Waals surface area contributed by atoms with E-state index in [2.05, 4.69) is 5.32 Å². The zero-order valence-electron chi connectivity index (χ0n) is 18.3. The molecule has 0 saturated carbocycles. The second-order valence-electron chi connectivity index (χ2n) is 7.86. The van der Waals surface area contributed by atoms with Gasteiger partial charge in [0.2, 0.25) is 5.91 Å². The summed E-state index contributed by atoms with van der Waals surface area (Å²) in [7, 11) is 1.58. The average molecular weight is 448 g/mol. The Morgan fingerprint density at radius 3 is 2.36 bits per heavy atom. The Hall–Kier alpha value is -3.87. The lowest BCUT2D eigenvalue weighted by atomic mass is 9.96. The van der Waals surface area contributed by atoms with Crippen molar-refractivity contribution in [2.24, 2.45) is 5.92 Å². The number of piperidine rings is 1. The van der Waals surface area contributed by atoms with Crippen LogP contribution in [0.5, 0.6) is 17.2 Å². The Balaban J connectivity index is 1.35. The van der Waals surface area contributed by atoms with E-state index in [9.17, 15) is 14.0 Å². The van der Waals surface area contributed by atoms with E-state index < -0.39 is 0 Å². The first kappa shape index (κ1) is 22.3. The molecule has 1 unspecified atom stereocenters. The van der Waals surface area contributed by atoms with Gasteiger partial charge in [0.15, 0.2) is 11.5 Å². The van der Waals surface area contributed by atoms with Gasteiger partial charge >= 0.3 is 0 Å². The quantitative estimate of drug-likeness (QED) is 0.569. The number of methoxy groups -OCH3 is 1. The van der Waals surface area contributed by atoms with Crippen LogP contribution in [0, 0.1) is 11.7 Å². The Kier molecular flexibility index (Phi) is 6.88. The largest absolute Gasteiger partial charge is 0.493 e. The Labute approximate surface area is 191 Å². The number of likely N-dealkylation sites (tertiary alicyclic amines) is 1. The summed E-state index contributed by atoms with van der Waals surface area (Å²) in [6.45, 7) is 0.909. The molecule has 3 aromatic rings. The van der Waals surface area contributed by atoms with E-state index in [1.807, 2.05) is 24.3 Å². The molecule has 1 aliphatic heterocycles. The number of para-hydroxylation sites is 2. The number of amides is 2. The molecule has 33 heavy (non-hydrogen) atoms. The molecule has 1 fully saturated rings. The molecule has 7 heteroatoms. The van der Waals surface area contributed by atoms with Crippen LogP contribution in [0.15, 0.2) is 72.8 Å². The highest BCUT2D eigenvalue weighted by molar-refractivity contribution is 5.96. The molecule has 0 radical (unpaired) electrons. The van der Waals surface area contributed by atoms with Crippen LogP contribution in [0.25, 0.3) is 0 Å². The van der Waals surface area contributed by atoms with Gasteiger partial charge in [0.1, 0.15) is 11.6 Å². The maximum Gasteiger partial charge on any atom is 0.253 e. The van der Waals surface area contributed by atoms with Gasteiger partial charge in [0, 0.05) is 24.3 Å². The SMILES string of the molecule is COc1ccccc1Oc1ccc(NC(=O)C2CCCN(C(=O)c3ccc(F)cc3)C2)cc1. The van der Waals surface area contributed by atoms with Gasteiger partial charge in [0.05, 0.1) is 13.0 Å². The predicted molar refractivity (Wildman–Crippen MR) is 123 cm³/mol. The van der Waals surface area contributed by atoms with Crippen LogP contribution < -0.4 is 14.8 Å². The van der Waals surface area contributed by atoms with E-state index in [4.69, 9.17) is 9.47 Å². The molecule has 170 valence electrons. The van der Waals surface area contributed by atoms with Crippen LogP contribution in [-0.2, 0) is 4.79 Å². The van der Waals surface area contributed by atoms with Crippen molar-refractivity contribution in [3.63, 3.8) is 0 Å². The topological polar surface area (TPSA) is 67.9 Å². The van der Waals surface area contributed by atoms with Gasteiger partial charge in [-0.1, -0.05) is 12.1 Å². The lowest BCUT2D eigenvalue weighted by molar-refractivity contribution is -0.121. The first-order valence-corrected chi connectivity index (χ1v) is 10.8. The fourth-order valence-corrected chi connectivity index (χ4v) is 3.83. The summed E-state index contributed by atoms with van der Waals surface area (Å²) in [5, 5.41) is 2.93.